The van der Waals surface area contributed by atoms with E-state index in [1.54, 1.807) is 0 Å². The fraction of sp³-hybridized carbons (Fsp3) is 0.611. The van der Waals surface area contributed by atoms with E-state index in [9.17, 15) is 4.79 Å². The van der Waals surface area contributed by atoms with E-state index in [-0.39, 0.29) is 12.6 Å². The Bertz CT molecular complexity index is 522. The zero-order valence-electron chi connectivity index (χ0n) is 14.6. The highest BCUT2D eigenvalue weighted by molar-refractivity contribution is 5.71. The molecule has 1 heterocycles. The van der Waals surface area contributed by atoms with Gasteiger partial charge >= 0.3 is 5.97 Å². The van der Waals surface area contributed by atoms with Gasteiger partial charge < -0.3 is 14.8 Å². The normalized spacial score (nSPS) is 18.7. The maximum atomic E-state index is 11.2. The number of likely N-dealkylation sites (N-methyl/N-ethyl adjacent to an activating group) is 1. The van der Waals surface area contributed by atoms with Crippen LogP contribution in [0.25, 0.3) is 0 Å². The van der Waals surface area contributed by atoms with E-state index in [1.165, 1.54) is 25.5 Å². The minimum absolute atomic E-state index is 0.0481. The molecule has 0 aliphatic carbocycles. The van der Waals surface area contributed by atoms with Crippen molar-refractivity contribution in [2.45, 2.75) is 39.3 Å². The summed E-state index contributed by atoms with van der Waals surface area (Å²) in [5.41, 5.74) is 3.42. The van der Waals surface area contributed by atoms with Crippen LogP contribution in [-0.4, -0.2) is 50.8 Å². The quantitative estimate of drug-likeness (QED) is 0.813. The summed E-state index contributed by atoms with van der Waals surface area (Å²) in [6.07, 6.45) is 2.50. The molecule has 1 fully saturated rings. The van der Waals surface area contributed by atoms with Crippen LogP contribution in [0, 0.1) is 13.8 Å². The molecule has 0 amide bonds. The molecule has 1 aromatic rings. The first kappa shape index (κ1) is 17.8. The van der Waals surface area contributed by atoms with Crippen molar-refractivity contribution in [3.05, 3.63) is 28.8 Å². The minimum Gasteiger partial charge on any atom is -0.481 e. The van der Waals surface area contributed by atoms with E-state index in [0.717, 1.165) is 36.5 Å². The number of likely N-dealkylation sites (tertiary alicyclic amines) is 1. The maximum Gasteiger partial charge on any atom is 0.343 e. The van der Waals surface area contributed by atoms with E-state index in [4.69, 9.17) is 4.74 Å². The lowest BCUT2D eigenvalue weighted by Crippen LogP contribution is -2.43. The van der Waals surface area contributed by atoms with E-state index in [2.05, 4.69) is 27.1 Å². The van der Waals surface area contributed by atoms with Crippen molar-refractivity contribution in [2.75, 3.05) is 33.9 Å². The largest absolute Gasteiger partial charge is 0.481 e. The molecule has 1 aliphatic heterocycles. The van der Waals surface area contributed by atoms with E-state index >= 15 is 0 Å². The second kappa shape index (κ2) is 8.31. The lowest BCUT2D eigenvalue weighted by molar-refractivity contribution is -0.142. The van der Waals surface area contributed by atoms with Gasteiger partial charge in [-0.25, -0.2) is 4.79 Å². The third kappa shape index (κ3) is 4.94. The van der Waals surface area contributed by atoms with Gasteiger partial charge in [0.15, 0.2) is 6.61 Å². The number of aryl methyl sites for hydroxylation is 2. The number of carbonyl (C=O) groups is 1. The van der Waals surface area contributed by atoms with Crippen LogP contribution in [0.3, 0.4) is 0 Å². The average Bonchev–Trinajstić information content (AvgIpc) is 2.54. The summed E-state index contributed by atoms with van der Waals surface area (Å²) in [6, 6.07) is 4.90. The summed E-state index contributed by atoms with van der Waals surface area (Å²) in [6.45, 7) is 7.20. The molecule has 2 rings (SSSR count). The number of piperidine rings is 1. The monoisotopic (exact) mass is 320 g/mol. The predicted octanol–water partition coefficient (Wildman–Crippen LogP) is 2.04. The van der Waals surface area contributed by atoms with Crippen LogP contribution in [0.2, 0.25) is 0 Å². The molecule has 0 saturated carbocycles. The van der Waals surface area contributed by atoms with Gasteiger partial charge in [0.25, 0.3) is 0 Å². The fourth-order valence-electron chi connectivity index (χ4n) is 3.24. The van der Waals surface area contributed by atoms with Gasteiger partial charge in [-0.05, 0) is 57.0 Å². The van der Waals surface area contributed by atoms with E-state index in [1.807, 2.05) is 20.9 Å². The molecule has 0 bridgehead atoms. The molecule has 23 heavy (non-hydrogen) atoms. The first-order valence-electron chi connectivity index (χ1n) is 8.22. The Morgan fingerprint density at radius 1 is 1.35 bits per heavy atom. The summed E-state index contributed by atoms with van der Waals surface area (Å²) in [7, 11) is 3.40. The van der Waals surface area contributed by atoms with E-state index < -0.39 is 0 Å². The van der Waals surface area contributed by atoms with Gasteiger partial charge in [0, 0.05) is 19.1 Å². The highest BCUT2D eigenvalue weighted by Gasteiger charge is 2.19. The molecule has 5 nitrogen and oxygen atoms in total. The molecule has 1 aromatic carbocycles. The average molecular weight is 320 g/mol. The smallest absolute Gasteiger partial charge is 0.343 e. The topological polar surface area (TPSA) is 50.8 Å². The molecule has 1 saturated heterocycles. The van der Waals surface area contributed by atoms with Crippen molar-refractivity contribution in [3.63, 3.8) is 0 Å². The minimum atomic E-state index is -0.362. The number of methoxy groups -OCH3 is 1. The zero-order valence-corrected chi connectivity index (χ0v) is 14.6. The van der Waals surface area contributed by atoms with Crippen LogP contribution < -0.4 is 10.1 Å². The number of hydrogen-bond donors (Lipinski definition) is 1. The first-order valence-corrected chi connectivity index (χ1v) is 8.22. The van der Waals surface area contributed by atoms with Gasteiger partial charge in [-0.3, -0.25) is 4.90 Å². The number of hydrogen-bond acceptors (Lipinski definition) is 5. The van der Waals surface area contributed by atoms with Crippen LogP contribution in [-0.2, 0) is 16.1 Å². The predicted molar refractivity (Wildman–Crippen MR) is 90.8 cm³/mol. The number of nitrogens with one attached hydrogen (secondary N) is 1. The SMILES string of the molecule is CNC1CCCN(Cc2cc(C)c(OCC(=O)OC)c(C)c2)C1. The van der Waals surface area contributed by atoms with Crippen molar-refractivity contribution in [1.82, 2.24) is 10.2 Å². The van der Waals surface area contributed by atoms with Crippen LogP contribution in [0.5, 0.6) is 5.75 Å². The highest BCUT2D eigenvalue weighted by Crippen LogP contribution is 2.26. The van der Waals surface area contributed by atoms with Gasteiger partial charge in [0.2, 0.25) is 0 Å². The molecule has 1 aliphatic rings. The molecular formula is C18H28N2O3. The van der Waals surface area contributed by atoms with Gasteiger partial charge in [-0.1, -0.05) is 12.1 Å². The van der Waals surface area contributed by atoms with Gasteiger partial charge in [0.1, 0.15) is 5.75 Å². The molecule has 0 spiro atoms. The second-order valence-electron chi connectivity index (χ2n) is 6.29. The molecular weight excluding hydrogens is 292 g/mol. The van der Waals surface area contributed by atoms with Crippen LogP contribution in [0.4, 0.5) is 0 Å². The maximum absolute atomic E-state index is 11.2. The van der Waals surface area contributed by atoms with Crippen LogP contribution in [0.15, 0.2) is 12.1 Å². The van der Waals surface area contributed by atoms with Gasteiger partial charge in [-0.2, -0.15) is 0 Å². The molecule has 5 heteroatoms. The summed E-state index contributed by atoms with van der Waals surface area (Å²) in [4.78, 5) is 13.7. The summed E-state index contributed by atoms with van der Waals surface area (Å²) in [5.74, 6) is 0.421. The third-order valence-corrected chi connectivity index (χ3v) is 4.40. The Kier molecular flexibility index (Phi) is 6.42. The van der Waals surface area contributed by atoms with E-state index in [0.29, 0.717) is 6.04 Å². The first-order chi connectivity index (χ1) is 11.0. The number of nitrogens with zero attached hydrogens (tertiary/aromatic N) is 1. The fourth-order valence-corrected chi connectivity index (χ4v) is 3.24. The molecule has 1 N–H and O–H groups in total. The molecule has 0 aromatic heterocycles. The van der Waals surface area contributed by atoms with Crippen LogP contribution in [0.1, 0.15) is 29.5 Å². The van der Waals surface area contributed by atoms with Gasteiger partial charge in [-0.15, -0.1) is 0 Å². The molecule has 1 unspecified atom stereocenters. The molecule has 0 radical (unpaired) electrons. The summed E-state index contributed by atoms with van der Waals surface area (Å²) in [5, 5.41) is 3.38. The standard InChI is InChI=1S/C18H28N2O3/c1-13-8-15(10-20-7-5-6-16(11-20)19-3)9-14(2)18(13)23-12-17(21)22-4/h8-9,16,19H,5-7,10-12H2,1-4H3. The van der Waals surface area contributed by atoms with Crippen molar-refractivity contribution in [2.24, 2.45) is 0 Å². The number of esters is 1. The second-order valence-corrected chi connectivity index (χ2v) is 6.29. The Labute approximate surface area is 139 Å². The number of ether oxygens (including phenoxy) is 2. The Morgan fingerprint density at radius 2 is 2.04 bits per heavy atom. The number of benzene rings is 1. The lowest BCUT2D eigenvalue weighted by atomic mass is 10.0. The zero-order chi connectivity index (χ0) is 16.8. The molecule has 1 atom stereocenters. The van der Waals surface area contributed by atoms with Crippen molar-refractivity contribution in [3.8, 4) is 5.75 Å². The highest BCUT2D eigenvalue weighted by atomic mass is 16.6. The van der Waals surface area contributed by atoms with Crippen molar-refractivity contribution in [1.29, 1.82) is 0 Å². The Balaban J connectivity index is 2.02. The van der Waals surface area contributed by atoms with Crippen molar-refractivity contribution < 1.29 is 14.3 Å². The summed E-state index contributed by atoms with van der Waals surface area (Å²) < 4.78 is 10.2. The number of rotatable bonds is 6. The Hall–Kier alpha value is -1.59. The lowest BCUT2D eigenvalue weighted by Gasteiger charge is -2.32. The van der Waals surface area contributed by atoms with Gasteiger partial charge in [0.05, 0.1) is 7.11 Å². The molecule has 128 valence electrons. The van der Waals surface area contributed by atoms with Crippen molar-refractivity contribution >= 4 is 5.97 Å². The third-order valence-electron chi connectivity index (χ3n) is 4.40. The summed E-state index contributed by atoms with van der Waals surface area (Å²) >= 11 is 0. The Morgan fingerprint density at radius 3 is 2.65 bits per heavy atom. The number of carbonyl (C=O) groups excluding carboxylic acids is 1. The van der Waals surface area contributed by atoms with Crippen LogP contribution >= 0.6 is 0 Å².